The summed E-state index contributed by atoms with van der Waals surface area (Å²) in [6.07, 6.45) is 1.67. The molecule has 20 heavy (non-hydrogen) atoms. The standard InChI is InChI=1S/C15H14N2O3/c1-20-14-8-2-11(3-9-14)10-16-17-13-6-4-12(5-7-13)15(18)19/h2-10,17H,1H3,(H,18,19). The Hall–Kier alpha value is -2.82. The first-order chi connectivity index (χ1) is 9.69. The first-order valence-electron chi connectivity index (χ1n) is 5.95. The molecule has 0 bridgehead atoms. The van der Waals surface area contributed by atoms with Gasteiger partial charge in [0.25, 0.3) is 0 Å². The summed E-state index contributed by atoms with van der Waals surface area (Å²) in [5.74, 6) is -0.155. The van der Waals surface area contributed by atoms with Gasteiger partial charge >= 0.3 is 5.97 Å². The number of rotatable bonds is 5. The lowest BCUT2D eigenvalue weighted by Gasteiger charge is -2.01. The molecule has 2 aromatic rings. The molecule has 0 radical (unpaired) electrons. The van der Waals surface area contributed by atoms with Gasteiger partial charge in [-0.05, 0) is 54.1 Å². The molecule has 0 heterocycles. The third kappa shape index (κ3) is 3.58. The van der Waals surface area contributed by atoms with Crippen molar-refractivity contribution in [2.45, 2.75) is 0 Å². The lowest BCUT2D eigenvalue weighted by Crippen LogP contribution is -1.96. The van der Waals surface area contributed by atoms with Crippen molar-refractivity contribution in [1.82, 2.24) is 0 Å². The van der Waals surface area contributed by atoms with Gasteiger partial charge in [-0.3, -0.25) is 5.43 Å². The van der Waals surface area contributed by atoms with Gasteiger partial charge in [0.2, 0.25) is 0 Å². The van der Waals surface area contributed by atoms with Crippen molar-refractivity contribution in [2.75, 3.05) is 12.5 Å². The molecule has 2 N–H and O–H groups in total. The second-order valence-electron chi connectivity index (χ2n) is 4.03. The van der Waals surface area contributed by atoms with Crippen molar-refractivity contribution in [3.63, 3.8) is 0 Å². The van der Waals surface area contributed by atoms with Crippen LogP contribution in [0.5, 0.6) is 5.75 Å². The Labute approximate surface area is 116 Å². The van der Waals surface area contributed by atoms with Crippen LogP contribution in [0.1, 0.15) is 15.9 Å². The van der Waals surface area contributed by atoms with E-state index in [1.54, 1.807) is 25.5 Å². The van der Waals surface area contributed by atoms with Gasteiger partial charge in [0.05, 0.1) is 24.6 Å². The molecule has 0 saturated carbocycles. The SMILES string of the molecule is COc1ccc(C=NNc2ccc(C(=O)O)cc2)cc1. The number of aromatic carboxylic acids is 1. The third-order valence-corrected chi connectivity index (χ3v) is 2.65. The van der Waals surface area contributed by atoms with E-state index in [1.807, 2.05) is 24.3 Å². The van der Waals surface area contributed by atoms with Crippen molar-refractivity contribution < 1.29 is 14.6 Å². The highest BCUT2D eigenvalue weighted by atomic mass is 16.5. The number of hydrogen-bond donors (Lipinski definition) is 2. The van der Waals surface area contributed by atoms with Gasteiger partial charge in [-0.25, -0.2) is 4.79 Å². The van der Waals surface area contributed by atoms with Crippen LogP contribution in [0.25, 0.3) is 0 Å². The van der Waals surface area contributed by atoms with Gasteiger partial charge in [0, 0.05) is 0 Å². The number of hydrogen-bond acceptors (Lipinski definition) is 4. The molecular formula is C15H14N2O3. The van der Waals surface area contributed by atoms with Crippen LogP contribution in [0, 0.1) is 0 Å². The summed E-state index contributed by atoms with van der Waals surface area (Å²) in [6.45, 7) is 0. The van der Waals surface area contributed by atoms with Crippen LogP contribution in [-0.4, -0.2) is 24.4 Å². The van der Waals surface area contributed by atoms with Crippen LogP contribution in [0.15, 0.2) is 53.6 Å². The Morgan fingerprint density at radius 3 is 2.35 bits per heavy atom. The highest BCUT2D eigenvalue weighted by Crippen LogP contribution is 2.11. The number of carboxylic acids is 1. The van der Waals surface area contributed by atoms with Gasteiger partial charge in [0.1, 0.15) is 5.75 Å². The smallest absolute Gasteiger partial charge is 0.335 e. The summed E-state index contributed by atoms with van der Waals surface area (Å²) in [4.78, 5) is 10.7. The Morgan fingerprint density at radius 1 is 1.15 bits per heavy atom. The Kier molecular flexibility index (Phi) is 4.34. The molecule has 102 valence electrons. The molecular weight excluding hydrogens is 256 g/mol. The summed E-state index contributed by atoms with van der Waals surface area (Å²) < 4.78 is 5.07. The average molecular weight is 270 g/mol. The van der Waals surface area contributed by atoms with Crippen molar-refractivity contribution in [3.05, 3.63) is 59.7 Å². The number of nitrogens with one attached hydrogen (secondary N) is 1. The average Bonchev–Trinajstić information content (AvgIpc) is 2.48. The lowest BCUT2D eigenvalue weighted by molar-refractivity contribution is 0.0697. The highest BCUT2D eigenvalue weighted by Gasteiger charge is 2.00. The molecule has 0 unspecified atom stereocenters. The van der Waals surface area contributed by atoms with Gasteiger partial charge in [-0.1, -0.05) is 0 Å². The number of nitrogens with zero attached hydrogens (tertiary/aromatic N) is 1. The summed E-state index contributed by atoms with van der Waals surface area (Å²) in [7, 11) is 1.62. The van der Waals surface area contributed by atoms with Crippen molar-refractivity contribution in [1.29, 1.82) is 0 Å². The fourth-order valence-corrected chi connectivity index (χ4v) is 1.56. The number of hydrazone groups is 1. The summed E-state index contributed by atoms with van der Waals surface area (Å²) in [5.41, 5.74) is 4.73. The number of methoxy groups -OCH3 is 1. The second-order valence-corrected chi connectivity index (χ2v) is 4.03. The Balaban J connectivity index is 1.96. The van der Waals surface area contributed by atoms with Gasteiger partial charge < -0.3 is 9.84 Å². The molecule has 0 aromatic heterocycles. The van der Waals surface area contributed by atoms with Crippen LogP contribution in [0.2, 0.25) is 0 Å². The molecule has 0 saturated heterocycles. The molecule has 2 rings (SSSR count). The van der Waals surface area contributed by atoms with E-state index >= 15 is 0 Å². The maximum absolute atomic E-state index is 10.7. The second kappa shape index (κ2) is 6.38. The minimum Gasteiger partial charge on any atom is -0.497 e. The van der Waals surface area contributed by atoms with Crippen LogP contribution >= 0.6 is 0 Å². The summed E-state index contributed by atoms with van der Waals surface area (Å²) in [5, 5.41) is 12.9. The Morgan fingerprint density at radius 2 is 1.80 bits per heavy atom. The predicted octanol–water partition coefficient (Wildman–Crippen LogP) is 2.84. The van der Waals surface area contributed by atoms with Crippen LogP contribution < -0.4 is 10.2 Å². The van der Waals surface area contributed by atoms with Crippen molar-refractivity contribution in [2.24, 2.45) is 5.10 Å². The van der Waals surface area contributed by atoms with Crippen LogP contribution in [0.4, 0.5) is 5.69 Å². The molecule has 0 amide bonds. The predicted molar refractivity (Wildman–Crippen MR) is 77.6 cm³/mol. The molecule has 0 aliphatic heterocycles. The molecule has 5 nitrogen and oxygen atoms in total. The van der Waals surface area contributed by atoms with E-state index in [0.717, 1.165) is 17.0 Å². The zero-order chi connectivity index (χ0) is 14.4. The van der Waals surface area contributed by atoms with E-state index in [0.29, 0.717) is 0 Å². The number of carbonyl (C=O) groups is 1. The first-order valence-corrected chi connectivity index (χ1v) is 5.95. The van der Waals surface area contributed by atoms with E-state index < -0.39 is 5.97 Å². The molecule has 0 aliphatic carbocycles. The number of ether oxygens (including phenoxy) is 1. The van der Waals surface area contributed by atoms with E-state index in [-0.39, 0.29) is 5.56 Å². The zero-order valence-corrected chi connectivity index (χ0v) is 10.9. The monoisotopic (exact) mass is 270 g/mol. The summed E-state index contributed by atoms with van der Waals surface area (Å²) >= 11 is 0. The van der Waals surface area contributed by atoms with Crippen molar-refractivity contribution >= 4 is 17.9 Å². The fourth-order valence-electron chi connectivity index (χ4n) is 1.56. The normalized spacial score (nSPS) is 10.4. The van der Waals surface area contributed by atoms with Crippen molar-refractivity contribution in [3.8, 4) is 5.75 Å². The number of anilines is 1. The number of carboxylic acid groups (broad SMARTS) is 1. The molecule has 2 aromatic carbocycles. The summed E-state index contributed by atoms with van der Waals surface area (Å²) in [6, 6.07) is 13.8. The molecule has 0 fully saturated rings. The molecule has 0 atom stereocenters. The van der Waals surface area contributed by atoms with E-state index in [1.165, 1.54) is 12.1 Å². The quantitative estimate of drug-likeness (QED) is 0.647. The van der Waals surface area contributed by atoms with Gasteiger partial charge in [-0.15, -0.1) is 0 Å². The fraction of sp³-hybridized carbons (Fsp3) is 0.0667. The highest BCUT2D eigenvalue weighted by molar-refractivity contribution is 5.88. The maximum atomic E-state index is 10.7. The number of benzene rings is 2. The van der Waals surface area contributed by atoms with Crippen LogP contribution in [-0.2, 0) is 0 Å². The molecule has 5 heteroatoms. The van der Waals surface area contributed by atoms with Gasteiger partial charge in [-0.2, -0.15) is 5.10 Å². The van der Waals surface area contributed by atoms with E-state index in [9.17, 15) is 4.79 Å². The minimum absolute atomic E-state index is 0.245. The van der Waals surface area contributed by atoms with Gasteiger partial charge in [0.15, 0.2) is 0 Å². The Bertz CT molecular complexity index is 604. The van der Waals surface area contributed by atoms with Crippen LogP contribution in [0.3, 0.4) is 0 Å². The first kappa shape index (κ1) is 13.6. The van der Waals surface area contributed by atoms with E-state index in [2.05, 4.69) is 10.5 Å². The maximum Gasteiger partial charge on any atom is 0.335 e. The molecule has 0 aliphatic rings. The topological polar surface area (TPSA) is 70.9 Å². The largest absolute Gasteiger partial charge is 0.497 e. The molecule has 0 spiro atoms. The van der Waals surface area contributed by atoms with E-state index in [4.69, 9.17) is 9.84 Å². The zero-order valence-electron chi connectivity index (χ0n) is 10.9. The minimum atomic E-state index is -0.946. The lowest BCUT2D eigenvalue weighted by atomic mass is 10.2. The third-order valence-electron chi connectivity index (χ3n) is 2.65.